The molecule has 0 amide bonds. The zero-order valence-corrected chi connectivity index (χ0v) is 11.1. The maximum absolute atomic E-state index is 5.90. The predicted octanol–water partition coefficient (Wildman–Crippen LogP) is 0.477. The lowest BCUT2D eigenvalue weighted by Gasteiger charge is -2.46. The number of nitrogens with two attached hydrogens (primary N) is 1. The Morgan fingerprint density at radius 2 is 2.06 bits per heavy atom. The monoisotopic (exact) mass is 247 g/mol. The highest BCUT2D eigenvalue weighted by Gasteiger charge is 2.34. The van der Waals surface area contributed by atoms with Gasteiger partial charge in [0.1, 0.15) is 5.82 Å². The molecular formula is C13H21N5. The number of fused-ring (bicyclic) bond motifs is 3. The van der Waals surface area contributed by atoms with E-state index in [1.165, 1.54) is 13.1 Å². The maximum atomic E-state index is 5.90. The van der Waals surface area contributed by atoms with Crippen LogP contribution in [0.15, 0.2) is 6.20 Å². The van der Waals surface area contributed by atoms with Crippen LogP contribution in [-0.4, -0.2) is 52.5 Å². The van der Waals surface area contributed by atoms with E-state index in [0.29, 0.717) is 6.04 Å². The molecule has 5 nitrogen and oxygen atoms in total. The molecule has 0 spiro atoms. The van der Waals surface area contributed by atoms with Gasteiger partial charge in [-0.3, -0.25) is 9.80 Å². The molecule has 98 valence electrons. The lowest BCUT2D eigenvalue weighted by atomic mass is 10.1. The number of aromatic nitrogens is 2. The van der Waals surface area contributed by atoms with Crippen LogP contribution in [0.4, 0.5) is 0 Å². The van der Waals surface area contributed by atoms with E-state index in [0.717, 1.165) is 36.7 Å². The minimum Gasteiger partial charge on any atom is -0.324 e. The first-order chi connectivity index (χ1) is 8.65. The number of piperazine rings is 3. The summed E-state index contributed by atoms with van der Waals surface area (Å²) in [6, 6.07) is 0.374. The molecule has 4 heterocycles. The maximum Gasteiger partial charge on any atom is 0.146 e. The van der Waals surface area contributed by atoms with Crippen LogP contribution in [0.1, 0.15) is 36.1 Å². The minimum absolute atomic E-state index is 0.00548. The van der Waals surface area contributed by atoms with E-state index in [9.17, 15) is 0 Å². The van der Waals surface area contributed by atoms with E-state index in [1.54, 1.807) is 0 Å². The summed E-state index contributed by atoms with van der Waals surface area (Å²) in [6.45, 7) is 9.73. The Kier molecular flexibility index (Phi) is 3.05. The molecule has 3 saturated heterocycles. The second kappa shape index (κ2) is 4.57. The molecule has 5 heteroatoms. The number of aryl methyl sites for hydroxylation is 1. The van der Waals surface area contributed by atoms with E-state index in [4.69, 9.17) is 5.73 Å². The Hall–Kier alpha value is -1.04. The van der Waals surface area contributed by atoms with Crippen LogP contribution in [0, 0.1) is 6.92 Å². The summed E-state index contributed by atoms with van der Waals surface area (Å²) in [4.78, 5) is 14.2. The Morgan fingerprint density at radius 3 is 2.56 bits per heavy atom. The Labute approximate surface area is 108 Å². The largest absolute Gasteiger partial charge is 0.324 e. The highest BCUT2D eigenvalue weighted by molar-refractivity contribution is 5.20. The van der Waals surface area contributed by atoms with Crippen LogP contribution in [-0.2, 0) is 0 Å². The van der Waals surface area contributed by atoms with Crippen molar-refractivity contribution in [1.82, 2.24) is 19.8 Å². The topological polar surface area (TPSA) is 58.3 Å². The first-order valence-corrected chi connectivity index (χ1v) is 6.70. The number of nitrogens with zero attached hydrogens (tertiary/aromatic N) is 4. The summed E-state index contributed by atoms with van der Waals surface area (Å²) >= 11 is 0. The molecule has 1 aromatic heterocycles. The number of hydrogen-bond donors (Lipinski definition) is 1. The molecule has 3 aliphatic rings. The Morgan fingerprint density at radius 1 is 1.33 bits per heavy atom. The molecule has 4 rings (SSSR count). The highest BCUT2D eigenvalue weighted by Crippen LogP contribution is 2.27. The molecule has 1 aromatic rings. The molecule has 3 fully saturated rings. The van der Waals surface area contributed by atoms with Gasteiger partial charge in [-0.05, 0) is 13.8 Å². The quantitative estimate of drug-likeness (QED) is 0.823. The van der Waals surface area contributed by atoms with Gasteiger partial charge in [0.05, 0.1) is 6.04 Å². The summed E-state index contributed by atoms with van der Waals surface area (Å²) in [5.41, 5.74) is 7.98. The van der Waals surface area contributed by atoms with E-state index < -0.39 is 0 Å². The number of rotatable bonds is 2. The highest BCUT2D eigenvalue weighted by atomic mass is 15.4. The first-order valence-electron chi connectivity index (χ1n) is 6.70. The van der Waals surface area contributed by atoms with Crippen LogP contribution in [0.3, 0.4) is 0 Å². The van der Waals surface area contributed by atoms with Crippen molar-refractivity contribution >= 4 is 0 Å². The van der Waals surface area contributed by atoms with Gasteiger partial charge in [-0.25, -0.2) is 9.97 Å². The summed E-state index contributed by atoms with van der Waals surface area (Å²) in [6.07, 6.45) is 1.90. The summed E-state index contributed by atoms with van der Waals surface area (Å²) < 4.78 is 0. The van der Waals surface area contributed by atoms with Gasteiger partial charge in [-0.15, -0.1) is 0 Å². The van der Waals surface area contributed by atoms with Crippen molar-refractivity contribution in [3.63, 3.8) is 0 Å². The normalized spacial score (nSPS) is 32.5. The van der Waals surface area contributed by atoms with Crippen molar-refractivity contribution in [3.05, 3.63) is 23.3 Å². The standard InChI is InChI=1S/C13H21N5/c1-9(14)11-7-15-13(16-10(11)2)12-8-17-3-5-18(12)6-4-17/h7,9,12H,3-6,8,14H2,1-2H3/t9-,12?/m1/s1. The molecule has 2 N–H and O–H groups in total. The lowest BCUT2D eigenvalue weighted by molar-refractivity contribution is 0.00855. The van der Waals surface area contributed by atoms with Crippen LogP contribution < -0.4 is 5.73 Å². The zero-order valence-electron chi connectivity index (χ0n) is 11.1. The molecular weight excluding hydrogens is 226 g/mol. The van der Waals surface area contributed by atoms with Gasteiger partial charge in [0, 0.05) is 56.2 Å². The van der Waals surface area contributed by atoms with Gasteiger partial charge in [-0.1, -0.05) is 0 Å². The van der Waals surface area contributed by atoms with Crippen molar-refractivity contribution in [1.29, 1.82) is 0 Å². The predicted molar refractivity (Wildman–Crippen MR) is 70.1 cm³/mol. The fourth-order valence-electron chi connectivity index (χ4n) is 2.96. The average molecular weight is 247 g/mol. The van der Waals surface area contributed by atoms with Gasteiger partial charge < -0.3 is 5.73 Å². The third kappa shape index (κ3) is 2.02. The smallest absolute Gasteiger partial charge is 0.146 e. The van der Waals surface area contributed by atoms with E-state index in [2.05, 4.69) is 19.8 Å². The van der Waals surface area contributed by atoms with Crippen molar-refractivity contribution in [2.75, 3.05) is 32.7 Å². The summed E-state index contributed by atoms with van der Waals surface area (Å²) in [5.74, 6) is 0.960. The van der Waals surface area contributed by atoms with Crippen molar-refractivity contribution in [2.24, 2.45) is 5.73 Å². The van der Waals surface area contributed by atoms with Crippen LogP contribution >= 0.6 is 0 Å². The fraction of sp³-hybridized carbons (Fsp3) is 0.692. The molecule has 0 radical (unpaired) electrons. The van der Waals surface area contributed by atoms with Gasteiger partial charge in [0.25, 0.3) is 0 Å². The summed E-state index contributed by atoms with van der Waals surface area (Å²) in [5, 5.41) is 0. The number of hydrogen-bond acceptors (Lipinski definition) is 5. The minimum atomic E-state index is 0.00548. The lowest BCUT2D eigenvalue weighted by Crippen LogP contribution is -2.57. The summed E-state index contributed by atoms with van der Waals surface area (Å²) in [7, 11) is 0. The molecule has 0 aromatic carbocycles. The molecule has 18 heavy (non-hydrogen) atoms. The average Bonchev–Trinajstić information content (AvgIpc) is 2.39. The third-order valence-corrected chi connectivity index (χ3v) is 4.10. The second-order valence-corrected chi connectivity index (χ2v) is 5.41. The Bertz CT molecular complexity index is 437. The fourth-order valence-corrected chi connectivity index (χ4v) is 2.96. The van der Waals surface area contributed by atoms with Gasteiger partial charge in [0.2, 0.25) is 0 Å². The van der Waals surface area contributed by atoms with Crippen LogP contribution in [0.5, 0.6) is 0 Å². The molecule has 0 aliphatic carbocycles. The van der Waals surface area contributed by atoms with Gasteiger partial charge in [0.15, 0.2) is 0 Å². The van der Waals surface area contributed by atoms with Crippen molar-refractivity contribution in [2.45, 2.75) is 25.9 Å². The van der Waals surface area contributed by atoms with Crippen LogP contribution in [0.25, 0.3) is 0 Å². The molecule has 3 aliphatic heterocycles. The third-order valence-electron chi connectivity index (χ3n) is 4.10. The zero-order chi connectivity index (χ0) is 12.7. The molecule has 2 bridgehead atoms. The first kappa shape index (κ1) is 12.0. The molecule has 0 saturated carbocycles. The van der Waals surface area contributed by atoms with E-state index in [-0.39, 0.29) is 6.04 Å². The molecule has 2 atom stereocenters. The van der Waals surface area contributed by atoms with Crippen molar-refractivity contribution < 1.29 is 0 Å². The van der Waals surface area contributed by atoms with E-state index in [1.807, 2.05) is 20.0 Å². The van der Waals surface area contributed by atoms with Gasteiger partial charge in [-0.2, -0.15) is 0 Å². The van der Waals surface area contributed by atoms with Crippen molar-refractivity contribution in [3.8, 4) is 0 Å². The second-order valence-electron chi connectivity index (χ2n) is 5.41. The van der Waals surface area contributed by atoms with E-state index >= 15 is 0 Å². The van der Waals surface area contributed by atoms with Crippen LogP contribution in [0.2, 0.25) is 0 Å². The van der Waals surface area contributed by atoms with Gasteiger partial charge >= 0.3 is 0 Å². The SMILES string of the molecule is Cc1nc(C2CN3CCN2CC3)ncc1[C@@H](C)N. The molecule has 1 unspecified atom stereocenters. The Balaban J connectivity index is 1.86.